The molecule has 0 amide bonds. The first-order valence-corrected chi connectivity index (χ1v) is 8.10. The molecule has 1 aliphatic heterocycles. The molecule has 1 aliphatic rings. The molecule has 2 aromatic carbocycles. The van der Waals surface area contributed by atoms with Crippen LogP contribution in [0.4, 0.5) is 4.39 Å². The SMILES string of the molecule is CC1(C)OB(c2cc(COc3ccccc3)ccc2F)OC1(C)C. The third kappa shape index (κ3) is 3.33. The number of halogens is 1. The average molecular weight is 328 g/mol. The van der Waals surface area contributed by atoms with Crippen LogP contribution < -0.4 is 10.2 Å². The van der Waals surface area contributed by atoms with Gasteiger partial charge in [-0.2, -0.15) is 0 Å². The van der Waals surface area contributed by atoms with E-state index in [1.54, 1.807) is 12.1 Å². The topological polar surface area (TPSA) is 27.7 Å². The Morgan fingerprint density at radius 2 is 1.58 bits per heavy atom. The summed E-state index contributed by atoms with van der Waals surface area (Å²) in [5.41, 5.74) is 0.272. The highest BCUT2D eigenvalue weighted by molar-refractivity contribution is 6.62. The lowest BCUT2D eigenvalue weighted by atomic mass is 9.78. The molecule has 2 aromatic rings. The molecule has 5 heteroatoms. The van der Waals surface area contributed by atoms with Gasteiger partial charge in [0.1, 0.15) is 18.2 Å². The number of benzene rings is 2. The summed E-state index contributed by atoms with van der Waals surface area (Å²) < 4.78 is 31.9. The molecule has 0 spiro atoms. The fourth-order valence-electron chi connectivity index (χ4n) is 2.52. The first-order chi connectivity index (χ1) is 11.3. The lowest BCUT2D eigenvalue weighted by Gasteiger charge is -2.32. The van der Waals surface area contributed by atoms with E-state index < -0.39 is 18.3 Å². The van der Waals surface area contributed by atoms with E-state index in [2.05, 4.69) is 0 Å². The van der Waals surface area contributed by atoms with Gasteiger partial charge in [0.2, 0.25) is 0 Å². The van der Waals surface area contributed by atoms with Crippen molar-refractivity contribution >= 4 is 12.6 Å². The second-order valence-electron chi connectivity index (χ2n) is 7.05. The van der Waals surface area contributed by atoms with Crippen LogP contribution in [0.25, 0.3) is 0 Å². The van der Waals surface area contributed by atoms with Crippen LogP contribution in [-0.4, -0.2) is 18.3 Å². The molecule has 1 saturated heterocycles. The average Bonchev–Trinajstić information content (AvgIpc) is 2.75. The molecule has 0 saturated carbocycles. The van der Waals surface area contributed by atoms with Crippen molar-refractivity contribution in [3.63, 3.8) is 0 Å². The van der Waals surface area contributed by atoms with Gasteiger partial charge >= 0.3 is 7.12 Å². The molecule has 3 rings (SSSR count). The van der Waals surface area contributed by atoms with Gasteiger partial charge in [-0.15, -0.1) is 0 Å². The normalized spacial score (nSPS) is 18.6. The van der Waals surface area contributed by atoms with Crippen LogP contribution in [0.3, 0.4) is 0 Å². The van der Waals surface area contributed by atoms with Crippen molar-refractivity contribution in [2.75, 3.05) is 0 Å². The first kappa shape index (κ1) is 17.0. The first-order valence-electron chi connectivity index (χ1n) is 8.10. The van der Waals surface area contributed by atoms with Gasteiger partial charge in [-0.25, -0.2) is 4.39 Å². The summed E-state index contributed by atoms with van der Waals surface area (Å²) >= 11 is 0. The quantitative estimate of drug-likeness (QED) is 0.801. The molecular formula is C19H22BFO3. The maximum Gasteiger partial charge on any atom is 0.497 e. The molecule has 0 aliphatic carbocycles. The Morgan fingerprint density at radius 3 is 2.21 bits per heavy atom. The number of rotatable bonds is 4. The molecule has 1 heterocycles. The largest absolute Gasteiger partial charge is 0.497 e. The van der Waals surface area contributed by atoms with Crippen LogP contribution in [0.2, 0.25) is 0 Å². The molecule has 24 heavy (non-hydrogen) atoms. The predicted molar refractivity (Wildman–Crippen MR) is 92.9 cm³/mol. The lowest BCUT2D eigenvalue weighted by Crippen LogP contribution is -2.41. The number of para-hydroxylation sites is 1. The van der Waals surface area contributed by atoms with Crippen LogP contribution in [0.15, 0.2) is 48.5 Å². The van der Waals surface area contributed by atoms with Gasteiger partial charge < -0.3 is 14.0 Å². The highest BCUT2D eigenvalue weighted by Crippen LogP contribution is 2.36. The second-order valence-corrected chi connectivity index (χ2v) is 7.05. The summed E-state index contributed by atoms with van der Waals surface area (Å²) in [6.45, 7) is 8.16. The Kier molecular flexibility index (Phi) is 4.41. The number of ether oxygens (including phenoxy) is 1. The lowest BCUT2D eigenvalue weighted by molar-refractivity contribution is 0.00578. The van der Waals surface area contributed by atoms with E-state index in [9.17, 15) is 4.39 Å². The molecule has 0 bridgehead atoms. The summed E-state index contributed by atoms with van der Waals surface area (Å²) in [6, 6.07) is 14.4. The van der Waals surface area contributed by atoms with Gasteiger partial charge in [0, 0.05) is 5.46 Å². The fourth-order valence-corrected chi connectivity index (χ4v) is 2.52. The van der Waals surface area contributed by atoms with E-state index in [4.69, 9.17) is 14.0 Å². The third-order valence-electron chi connectivity index (χ3n) is 4.72. The van der Waals surface area contributed by atoms with Crippen molar-refractivity contribution < 1.29 is 18.4 Å². The van der Waals surface area contributed by atoms with Crippen LogP contribution >= 0.6 is 0 Å². The van der Waals surface area contributed by atoms with Crippen LogP contribution in [0.1, 0.15) is 33.3 Å². The summed E-state index contributed by atoms with van der Waals surface area (Å²) in [7, 11) is -0.716. The third-order valence-corrected chi connectivity index (χ3v) is 4.72. The minimum atomic E-state index is -0.716. The molecule has 0 aromatic heterocycles. The zero-order valence-corrected chi connectivity index (χ0v) is 14.5. The van der Waals surface area contributed by atoms with E-state index in [-0.39, 0.29) is 5.82 Å². The summed E-state index contributed by atoms with van der Waals surface area (Å²) in [5, 5.41) is 0. The molecule has 0 unspecified atom stereocenters. The number of hydrogen-bond donors (Lipinski definition) is 0. The van der Waals surface area contributed by atoms with Gasteiger partial charge in [-0.1, -0.05) is 30.3 Å². The van der Waals surface area contributed by atoms with Gasteiger partial charge in [0.05, 0.1) is 11.2 Å². The number of hydrogen-bond acceptors (Lipinski definition) is 3. The van der Waals surface area contributed by atoms with Crippen molar-refractivity contribution in [1.29, 1.82) is 0 Å². The fraction of sp³-hybridized carbons (Fsp3) is 0.368. The molecule has 1 fully saturated rings. The van der Waals surface area contributed by atoms with Crippen molar-refractivity contribution in [3.05, 3.63) is 59.9 Å². The van der Waals surface area contributed by atoms with Gasteiger partial charge in [0.15, 0.2) is 0 Å². The Balaban J connectivity index is 1.78. The standard InChI is InChI=1S/C19H22BFO3/c1-18(2)19(3,4)24-20(23-18)16-12-14(10-11-17(16)21)13-22-15-8-6-5-7-9-15/h5-12H,13H2,1-4H3. The monoisotopic (exact) mass is 328 g/mol. The highest BCUT2D eigenvalue weighted by Gasteiger charge is 2.52. The zero-order chi connectivity index (χ0) is 17.4. The molecule has 0 N–H and O–H groups in total. The van der Waals surface area contributed by atoms with Crippen molar-refractivity contribution in [1.82, 2.24) is 0 Å². The Morgan fingerprint density at radius 1 is 0.958 bits per heavy atom. The van der Waals surface area contributed by atoms with E-state index in [1.165, 1.54) is 6.07 Å². The van der Waals surface area contributed by atoms with Crippen molar-refractivity contribution in [3.8, 4) is 5.75 Å². The summed E-state index contributed by atoms with van der Waals surface area (Å²) in [6.07, 6.45) is 0. The van der Waals surface area contributed by atoms with E-state index in [1.807, 2.05) is 58.0 Å². The van der Waals surface area contributed by atoms with Crippen molar-refractivity contribution in [2.24, 2.45) is 0 Å². The van der Waals surface area contributed by atoms with Gasteiger partial charge in [-0.05, 0) is 51.5 Å². The molecule has 0 atom stereocenters. The highest BCUT2D eigenvalue weighted by atomic mass is 19.1. The smallest absolute Gasteiger partial charge is 0.489 e. The van der Waals surface area contributed by atoms with Crippen LogP contribution in [-0.2, 0) is 15.9 Å². The zero-order valence-electron chi connectivity index (χ0n) is 14.5. The maximum absolute atomic E-state index is 14.3. The Bertz CT molecular complexity index is 700. The minimum absolute atomic E-state index is 0.336. The van der Waals surface area contributed by atoms with Crippen molar-refractivity contribution in [2.45, 2.75) is 45.5 Å². The predicted octanol–water partition coefficient (Wildman–Crippen LogP) is 3.70. The van der Waals surface area contributed by atoms with E-state index in [0.717, 1.165) is 11.3 Å². The molecule has 126 valence electrons. The Hall–Kier alpha value is -1.85. The van der Waals surface area contributed by atoms with E-state index in [0.29, 0.717) is 12.1 Å². The molecule has 3 nitrogen and oxygen atoms in total. The summed E-state index contributed by atoms with van der Waals surface area (Å²) in [4.78, 5) is 0. The molecular weight excluding hydrogens is 306 g/mol. The maximum atomic E-state index is 14.3. The summed E-state index contributed by atoms with van der Waals surface area (Å²) in [5.74, 6) is 0.441. The molecule has 0 radical (unpaired) electrons. The Labute approximate surface area is 142 Å². The van der Waals surface area contributed by atoms with E-state index >= 15 is 0 Å². The minimum Gasteiger partial charge on any atom is -0.489 e. The van der Waals surface area contributed by atoms with Crippen LogP contribution in [0.5, 0.6) is 5.75 Å². The second kappa shape index (κ2) is 6.23. The van der Waals surface area contributed by atoms with Gasteiger partial charge in [-0.3, -0.25) is 0 Å². The van der Waals surface area contributed by atoms with Crippen LogP contribution in [0, 0.1) is 5.82 Å². The van der Waals surface area contributed by atoms with Gasteiger partial charge in [0.25, 0.3) is 0 Å².